The van der Waals surface area contributed by atoms with Gasteiger partial charge < -0.3 is 0 Å². The van der Waals surface area contributed by atoms with Crippen LogP contribution in [0.5, 0.6) is 0 Å². The van der Waals surface area contributed by atoms with Gasteiger partial charge >= 0.3 is 0 Å². The highest BCUT2D eigenvalue weighted by Gasteiger charge is 2.22. The molecule has 0 nitrogen and oxygen atoms in total. The molecule has 0 aliphatic carbocycles. The second-order valence-electron chi connectivity index (χ2n) is 9.73. The predicted octanol–water partition coefficient (Wildman–Crippen LogP) is 10.5. The van der Waals surface area contributed by atoms with Crippen molar-refractivity contribution < 1.29 is 0 Å². The summed E-state index contributed by atoms with van der Waals surface area (Å²) in [6, 6.07) is 56.7. The summed E-state index contributed by atoms with van der Waals surface area (Å²) in [6.07, 6.45) is 0. The summed E-state index contributed by atoms with van der Waals surface area (Å²) in [6.45, 7) is 2.35. The fourth-order valence-electron chi connectivity index (χ4n) is 5.60. The molecule has 0 saturated carbocycles. The van der Waals surface area contributed by atoms with Crippen LogP contribution in [0.3, 0.4) is 0 Å². The van der Waals surface area contributed by atoms with Crippen LogP contribution in [0.2, 0.25) is 0 Å². The summed E-state index contributed by atoms with van der Waals surface area (Å²) in [5, 5.41) is 0. The first-order chi connectivity index (χ1) is 18.8. The van der Waals surface area contributed by atoms with Gasteiger partial charge in [-0.05, 0) is 55.6 Å². The Bertz CT molecular complexity index is 1510. The molecule has 0 aromatic heterocycles. The van der Waals surface area contributed by atoms with Gasteiger partial charge in [0.05, 0.1) is 0 Å². The molecule has 6 aromatic rings. The first-order valence-electron chi connectivity index (χ1n) is 13.3. The molecule has 6 aromatic carbocycles. The molecule has 0 atom stereocenters. The summed E-state index contributed by atoms with van der Waals surface area (Å²) >= 11 is 0. The van der Waals surface area contributed by atoms with Crippen molar-refractivity contribution >= 4 is 0 Å². The van der Waals surface area contributed by atoms with Gasteiger partial charge in [-0.15, -0.1) is 0 Å². The van der Waals surface area contributed by atoms with Gasteiger partial charge in [-0.2, -0.15) is 0 Å². The Balaban J connectivity index is 1.60. The van der Waals surface area contributed by atoms with Crippen LogP contribution in [0.4, 0.5) is 0 Å². The Morgan fingerprint density at radius 3 is 0.974 bits per heavy atom. The zero-order valence-electron chi connectivity index (χ0n) is 21.6. The van der Waals surface area contributed by atoms with Gasteiger partial charge in [0.25, 0.3) is 0 Å². The van der Waals surface area contributed by atoms with Crippen molar-refractivity contribution in [2.75, 3.05) is 0 Å². The van der Waals surface area contributed by atoms with Crippen LogP contribution in [0.1, 0.15) is 24.0 Å². The van der Waals surface area contributed by atoms with Gasteiger partial charge in [-0.25, -0.2) is 0 Å². The standard InChI is InChI=1S/C38H30/c1-28(33-24-14-26-35(29-16-6-2-7-17-29)37(33)31-20-10-4-11-21-31)34-25-15-27-36(30-18-8-3-9-19-30)38(34)32-22-12-5-13-23-32/h2-28H,1H3. The Kier molecular flexibility index (Phi) is 6.70. The van der Waals surface area contributed by atoms with Gasteiger partial charge in [0.15, 0.2) is 0 Å². The fraction of sp³-hybridized carbons (Fsp3) is 0.0526. The van der Waals surface area contributed by atoms with E-state index in [0.29, 0.717) is 0 Å². The summed E-state index contributed by atoms with van der Waals surface area (Å²) in [5.74, 6) is 0.174. The molecule has 0 heterocycles. The highest BCUT2D eigenvalue weighted by molar-refractivity contribution is 5.89. The second kappa shape index (κ2) is 10.7. The lowest BCUT2D eigenvalue weighted by Gasteiger charge is -2.24. The van der Waals surface area contributed by atoms with E-state index >= 15 is 0 Å². The number of hydrogen-bond acceptors (Lipinski definition) is 0. The molecule has 0 spiro atoms. The average Bonchev–Trinajstić information content (AvgIpc) is 3.01. The van der Waals surface area contributed by atoms with Crippen LogP contribution in [-0.2, 0) is 0 Å². The number of rotatable bonds is 6. The Morgan fingerprint density at radius 1 is 0.316 bits per heavy atom. The molecular weight excluding hydrogens is 456 g/mol. The summed E-state index contributed by atoms with van der Waals surface area (Å²) < 4.78 is 0. The van der Waals surface area contributed by atoms with Crippen molar-refractivity contribution in [1.82, 2.24) is 0 Å². The second-order valence-corrected chi connectivity index (χ2v) is 9.73. The quantitative estimate of drug-likeness (QED) is 0.220. The minimum atomic E-state index is 0.174. The lowest BCUT2D eigenvalue weighted by atomic mass is 9.79. The van der Waals surface area contributed by atoms with Crippen molar-refractivity contribution in [1.29, 1.82) is 0 Å². The van der Waals surface area contributed by atoms with E-state index in [4.69, 9.17) is 0 Å². The first kappa shape index (κ1) is 23.7. The number of benzene rings is 6. The van der Waals surface area contributed by atoms with E-state index in [2.05, 4.69) is 165 Å². The van der Waals surface area contributed by atoms with Gasteiger partial charge in [0.1, 0.15) is 0 Å². The van der Waals surface area contributed by atoms with E-state index in [9.17, 15) is 0 Å². The van der Waals surface area contributed by atoms with E-state index in [1.165, 1.54) is 55.6 Å². The monoisotopic (exact) mass is 486 g/mol. The minimum Gasteiger partial charge on any atom is -0.0622 e. The van der Waals surface area contributed by atoms with Gasteiger partial charge in [-0.1, -0.05) is 165 Å². The van der Waals surface area contributed by atoms with Crippen molar-refractivity contribution in [2.24, 2.45) is 0 Å². The molecule has 0 radical (unpaired) electrons. The van der Waals surface area contributed by atoms with Crippen molar-refractivity contribution in [3.05, 3.63) is 169 Å². The van der Waals surface area contributed by atoms with Crippen LogP contribution in [0, 0.1) is 0 Å². The lowest BCUT2D eigenvalue weighted by Crippen LogP contribution is -2.04. The molecule has 0 N–H and O–H groups in total. The molecule has 0 bridgehead atoms. The van der Waals surface area contributed by atoms with E-state index in [1.54, 1.807) is 0 Å². The van der Waals surface area contributed by atoms with Crippen molar-refractivity contribution in [3.8, 4) is 44.5 Å². The molecule has 0 fully saturated rings. The molecule has 38 heavy (non-hydrogen) atoms. The summed E-state index contributed by atoms with van der Waals surface area (Å²) in [7, 11) is 0. The largest absolute Gasteiger partial charge is 0.0622 e. The van der Waals surface area contributed by atoms with E-state index in [1.807, 2.05) is 0 Å². The molecule has 0 saturated heterocycles. The highest BCUT2D eigenvalue weighted by atomic mass is 14.3. The average molecular weight is 487 g/mol. The van der Waals surface area contributed by atoms with Crippen LogP contribution in [0.15, 0.2) is 158 Å². The van der Waals surface area contributed by atoms with E-state index < -0.39 is 0 Å². The summed E-state index contributed by atoms with van der Waals surface area (Å²) in [5.41, 5.74) is 12.8. The Hall–Kier alpha value is -4.68. The molecule has 0 unspecified atom stereocenters. The van der Waals surface area contributed by atoms with Crippen molar-refractivity contribution in [3.63, 3.8) is 0 Å². The molecule has 0 aliphatic rings. The van der Waals surface area contributed by atoms with E-state index in [0.717, 1.165) is 0 Å². The minimum absolute atomic E-state index is 0.174. The van der Waals surface area contributed by atoms with Gasteiger partial charge in [0.2, 0.25) is 0 Å². The predicted molar refractivity (Wildman–Crippen MR) is 162 cm³/mol. The van der Waals surface area contributed by atoms with Crippen LogP contribution >= 0.6 is 0 Å². The smallest absolute Gasteiger partial charge is 0.00737 e. The maximum atomic E-state index is 2.35. The van der Waals surface area contributed by atoms with Gasteiger partial charge in [0, 0.05) is 5.92 Å². The molecule has 182 valence electrons. The third kappa shape index (κ3) is 4.58. The molecule has 6 rings (SSSR count). The molecule has 0 heteroatoms. The highest BCUT2D eigenvalue weighted by Crippen LogP contribution is 2.44. The lowest BCUT2D eigenvalue weighted by molar-refractivity contribution is 0.928. The fourth-order valence-corrected chi connectivity index (χ4v) is 5.60. The zero-order valence-corrected chi connectivity index (χ0v) is 21.6. The zero-order chi connectivity index (χ0) is 25.7. The maximum absolute atomic E-state index is 2.35. The van der Waals surface area contributed by atoms with Crippen molar-refractivity contribution in [2.45, 2.75) is 12.8 Å². The molecule has 0 amide bonds. The van der Waals surface area contributed by atoms with Crippen LogP contribution in [-0.4, -0.2) is 0 Å². The third-order valence-corrected chi connectivity index (χ3v) is 7.42. The molecular formula is C38H30. The Morgan fingerprint density at radius 2 is 0.632 bits per heavy atom. The first-order valence-corrected chi connectivity index (χ1v) is 13.3. The molecule has 0 aliphatic heterocycles. The number of hydrogen-bond donors (Lipinski definition) is 0. The SMILES string of the molecule is CC(c1cccc(-c2ccccc2)c1-c1ccccc1)c1cccc(-c2ccccc2)c1-c1ccccc1. The normalized spacial score (nSPS) is 11.0. The topological polar surface area (TPSA) is 0 Å². The Labute approximate surface area is 225 Å². The maximum Gasteiger partial charge on any atom is 0.00737 e. The van der Waals surface area contributed by atoms with Crippen LogP contribution < -0.4 is 0 Å². The third-order valence-electron chi connectivity index (χ3n) is 7.42. The van der Waals surface area contributed by atoms with E-state index in [-0.39, 0.29) is 5.92 Å². The summed E-state index contributed by atoms with van der Waals surface area (Å²) in [4.78, 5) is 0. The van der Waals surface area contributed by atoms with Crippen LogP contribution in [0.25, 0.3) is 44.5 Å². The van der Waals surface area contributed by atoms with Gasteiger partial charge in [-0.3, -0.25) is 0 Å².